The number of rotatable bonds is 6. The van der Waals surface area contributed by atoms with Crippen LogP contribution in [0.15, 0.2) is 67.1 Å². The lowest BCUT2D eigenvalue weighted by atomic mass is 9.91. The number of Topliss-reactive ketones (excluding diaryl/α,β-unsaturated/α-hetero) is 1. The van der Waals surface area contributed by atoms with E-state index in [2.05, 4.69) is 11.6 Å². The molecule has 3 aromatic rings. The normalized spacial score (nSPS) is 16.1. The molecule has 1 atom stereocenters. The van der Waals surface area contributed by atoms with Crippen molar-refractivity contribution in [3.05, 3.63) is 84.0 Å². The monoisotopic (exact) mass is 469 g/mol. The first-order valence-corrected chi connectivity index (χ1v) is 10.5. The van der Waals surface area contributed by atoms with Crippen molar-refractivity contribution in [3.63, 3.8) is 0 Å². The smallest absolute Gasteiger partial charge is 0.416 e. The fourth-order valence-electron chi connectivity index (χ4n) is 4.01. The number of hydrogen-bond acceptors (Lipinski definition) is 4. The number of hydrogen-bond donors (Lipinski definition) is 0. The van der Waals surface area contributed by atoms with Gasteiger partial charge in [-0.05, 0) is 37.6 Å². The third-order valence-electron chi connectivity index (χ3n) is 5.86. The predicted octanol–water partition coefficient (Wildman–Crippen LogP) is 5.00. The lowest BCUT2D eigenvalue weighted by Crippen LogP contribution is -2.29. The molecule has 2 heterocycles. The number of nitrogens with zero attached hydrogens (tertiary/aromatic N) is 3. The molecular weight excluding hydrogens is 447 g/mol. The first-order chi connectivity index (χ1) is 16.1. The number of alkyl halides is 3. The summed E-state index contributed by atoms with van der Waals surface area (Å²) in [4.78, 5) is 31.7. The molecule has 9 heteroatoms. The number of carbonyl (C=O) groups is 2. The van der Waals surface area contributed by atoms with E-state index < -0.39 is 23.4 Å². The molecule has 1 fully saturated rings. The van der Waals surface area contributed by atoms with E-state index in [1.165, 1.54) is 7.11 Å². The molecule has 1 saturated heterocycles. The molecule has 0 bridgehead atoms. The SMILES string of the molecule is C=C(C(=O)c1ccc(C(F)(F)F)cc1)C1CCN(c2ccc(-n3cnc(C)c3)c(OC)c2)C1=O. The quantitative estimate of drug-likeness (QED) is 0.377. The first-order valence-electron chi connectivity index (χ1n) is 10.5. The van der Waals surface area contributed by atoms with E-state index in [0.29, 0.717) is 24.4 Å². The fraction of sp³-hybridized carbons (Fsp3) is 0.240. The van der Waals surface area contributed by atoms with E-state index in [1.54, 1.807) is 23.4 Å². The minimum absolute atomic E-state index is 0.0599. The van der Waals surface area contributed by atoms with Crippen molar-refractivity contribution < 1.29 is 27.5 Å². The molecule has 0 radical (unpaired) electrons. The third-order valence-corrected chi connectivity index (χ3v) is 5.86. The highest BCUT2D eigenvalue weighted by Crippen LogP contribution is 2.35. The van der Waals surface area contributed by atoms with Crippen molar-refractivity contribution in [1.29, 1.82) is 0 Å². The number of amides is 1. The molecule has 1 amide bonds. The topological polar surface area (TPSA) is 64.4 Å². The molecule has 1 aromatic heterocycles. The van der Waals surface area contributed by atoms with Gasteiger partial charge in [0.2, 0.25) is 5.91 Å². The summed E-state index contributed by atoms with van der Waals surface area (Å²) >= 11 is 0. The summed E-state index contributed by atoms with van der Waals surface area (Å²) in [6.07, 6.45) is -0.602. The second-order valence-corrected chi connectivity index (χ2v) is 8.04. The van der Waals surface area contributed by atoms with Gasteiger partial charge < -0.3 is 14.2 Å². The fourth-order valence-corrected chi connectivity index (χ4v) is 4.01. The molecule has 0 aliphatic carbocycles. The van der Waals surface area contributed by atoms with Gasteiger partial charge in [-0.3, -0.25) is 9.59 Å². The van der Waals surface area contributed by atoms with Crippen molar-refractivity contribution in [2.75, 3.05) is 18.6 Å². The van der Waals surface area contributed by atoms with Gasteiger partial charge in [0.1, 0.15) is 5.75 Å². The number of methoxy groups -OCH3 is 1. The van der Waals surface area contributed by atoms with Crippen molar-refractivity contribution in [3.8, 4) is 11.4 Å². The van der Waals surface area contributed by atoms with Crippen LogP contribution in [0.25, 0.3) is 5.69 Å². The number of halogens is 3. The molecule has 6 nitrogen and oxygen atoms in total. The average Bonchev–Trinajstić information content (AvgIpc) is 3.42. The van der Waals surface area contributed by atoms with Crippen LogP contribution >= 0.6 is 0 Å². The standard InChI is InChI=1S/C25H22F3N3O3/c1-15-13-30(14-29-15)21-9-8-19(12-22(21)34-3)31-11-10-20(24(31)33)16(2)23(32)17-4-6-18(7-5-17)25(26,27)28/h4-9,12-14,20H,2,10-11H2,1,3H3. The first kappa shape index (κ1) is 23.3. The average molecular weight is 469 g/mol. The van der Waals surface area contributed by atoms with Gasteiger partial charge in [-0.25, -0.2) is 4.98 Å². The Morgan fingerprint density at radius 2 is 1.88 bits per heavy atom. The van der Waals surface area contributed by atoms with Crippen molar-refractivity contribution in [2.45, 2.75) is 19.5 Å². The van der Waals surface area contributed by atoms with E-state index in [-0.39, 0.29) is 17.0 Å². The van der Waals surface area contributed by atoms with Crippen molar-refractivity contribution >= 4 is 17.4 Å². The van der Waals surface area contributed by atoms with Crippen LogP contribution < -0.4 is 9.64 Å². The molecule has 34 heavy (non-hydrogen) atoms. The summed E-state index contributed by atoms with van der Waals surface area (Å²) in [5.41, 5.74) is 1.49. The van der Waals surface area contributed by atoms with Crippen LogP contribution in [0.3, 0.4) is 0 Å². The summed E-state index contributed by atoms with van der Waals surface area (Å²) in [6, 6.07) is 9.25. The van der Waals surface area contributed by atoms with Crippen LogP contribution in [0, 0.1) is 12.8 Å². The van der Waals surface area contributed by atoms with E-state index >= 15 is 0 Å². The zero-order chi connectivity index (χ0) is 24.6. The number of benzene rings is 2. The zero-order valence-corrected chi connectivity index (χ0v) is 18.6. The minimum Gasteiger partial charge on any atom is -0.494 e. The summed E-state index contributed by atoms with van der Waals surface area (Å²) < 4.78 is 45.7. The van der Waals surface area contributed by atoms with Gasteiger partial charge >= 0.3 is 6.18 Å². The molecular formula is C25H22F3N3O3. The maximum atomic E-state index is 13.1. The highest BCUT2D eigenvalue weighted by Gasteiger charge is 2.37. The lowest BCUT2D eigenvalue weighted by molar-refractivity contribution is -0.137. The molecule has 0 spiro atoms. The summed E-state index contributed by atoms with van der Waals surface area (Å²) in [5.74, 6) is -1.04. The van der Waals surface area contributed by atoms with Gasteiger partial charge in [0.15, 0.2) is 5.78 Å². The van der Waals surface area contributed by atoms with Crippen LogP contribution in [-0.2, 0) is 11.0 Å². The molecule has 1 unspecified atom stereocenters. The Balaban J connectivity index is 1.52. The molecule has 176 valence electrons. The van der Waals surface area contributed by atoms with Crippen molar-refractivity contribution in [1.82, 2.24) is 9.55 Å². The Labute approximate surface area is 194 Å². The second kappa shape index (κ2) is 8.81. The Kier molecular flexibility index (Phi) is 6.03. The van der Waals surface area contributed by atoms with E-state index in [0.717, 1.165) is 35.6 Å². The molecule has 0 N–H and O–H groups in total. The van der Waals surface area contributed by atoms with Gasteiger partial charge in [-0.15, -0.1) is 0 Å². The molecule has 2 aromatic carbocycles. The number of aryl methyl sites for hydroxylation is 1. The zero-order valence-electron chi connectivity index (χ0n) is 18.6. The molecule has 0 saturated carbocycles. The number of imidazole rings is 1. The van der Waals surface area contributed by atoms with Crippen LogP contribution in [0.2, 0.25) is 0 Å². The number of ketones is 1. The Hall–Kier alpha value is -3.88. The Morgan fingerprint density at radius 3 is 2.47 bits per heavy atom. The van der Waals surface area contributed by atoms with Gasteiger partial charge in [-0.1, -0.05) is 18.7 Å². The third kappa shape index (κ3) is 4.33. The van der Waals surface area contributed by atoms with Crippen LogP contribution in [0.4, 0.5) is 18.9 Å². The highest BCUT2D eigenvalue weighted by molar-refractivity contribution is 6.13. The number of anilines is 1. The van der Waals surface area contributed by atoms with Crippen LogP contribution in [0.1, 0.15) is 28.0 Å². The summed E-state index contributed by atoms with van der Waals surface area (Å²) in [6.45, 7) is 6.04. The highest BCUT2D eigenvalue weighted by atomic mass is 19.4. The van der Waals surface area contributed by atoms with Crippen LogP contribution in [0.5, 0.6) is 5.75 Å². The second-order valence-electron chi connectivity index (χ2n) is 8.04. The van der Waals surface area contributed by atoms with Gasteiger partial charge in [0.25, 0.3) is 0 Å². The summed E-state index contributed by atoms with van der Waals surface area (Å²) in [7, 11) is 1.53. The maximum absolute atomic E-state index is 13.1. The summed E-state index contributed by atoms with van der Waals surface area (Å²) in [5, 5.41) is 0. The van der Waals surface area contributed by atoms with Gasteiger partial charge in [-0.2, -0.15) is 13.2 Å². The molecule has 1 aliphatic rings. The largest absolute Gasteiger partial charge is 0.494 e. The Morgan fingerprint density at radius 1 is 1.18 bits per heavy atom. The van der Waals surface area contributed by atoms with Gasteiger partial charge in [0.05, 0.1) is 36.3 Å². The van der Waals surface area contributed by atoms with Gasteiger partial charge in [0, 0.05) is 35.6 Å². The minimum atomic E-state index is -4.49. The number of aromatic nitrogens is 2. The predicted molar refractivity (Wildman–Crippen MR) is 120 cm³/mol. The van der Waals surface area contributed by atoms with E-state index in [1.807, 2.05) is 23.8 Å². The molecule has 4 rings (SSSR count). The maximum Gasteiger partial charge on any atom is 0.416 e. The molecule has 1 aliphatic heterocycles. The van der Waals surface area contributed by atoms with Crippen molar-refractivity contribution in [2.24, 2.45) is 5.92 Å². The van der Waals surface area contributed by atoms with E-state index in [9.17, 15) is 22.8 Å². The Bertz CT molecular complexity index is 1260. The lowest BCUT2D eigenvalue weighted by Gasteiger charge is -2.19. The number of ether oxygens (including phenoxy) is 1. The number of carbonyl (C=O) groups excluding carboxylic acids is 2. The van der Waals surface area contributed by atoms with Crippen LogP contribution in [-0.4, -0.2) is 34.9 Å². The van der Waals surface area contributed by atoms with E-state index in [4.69, 9.17) is 4.74 Å².